The Bertz CT molecular complexity index is 400. The van der Waals surface area contributed by atoms with Gasteiger partial charge in [0.2, 0.25) is 0 Å². The highest BCUT2D eigenvalue weighted by Gasteiger charge is 2.19. The molecule has 0 amide bonds. The van der Waals surface area contributed by atoms with E-state index in [9.17, 15) is 0 Å². The van der Waals surface area contributed by atoms with Crippen LogP contribution in [0.25, 0.3) is 0 Å². The summed E-state index contributed by atoms with van der Waals surface area (Å²) in [5.74, 6) is 2.24. The molecule has 0 saturated heterocycles. The average molecular weight is 249 g/mol. The number of hydrogen-bond acceptors (Lipinski definition) is 4. The van der Waals surface area contributed by atoms with Crippen LogP contribution in [0.4, 0.5) is 0 Å². The summed E-state index contributed by atoms with van der Waals surface area (Å²) in [5, 5.41) is 0. The highest BCUT2D eigenvalue weighted by atomic mass is 32.2. The Morgan fingerprint density at radius 2 is 2.12 bits per heavy atom. The number of thioether (sulfide) groups is 1. The van der Waals surface area contributed by atoms with Gasteiger partial charge >= 0.3 is 0 Å². The topological polar surface area (TPSA) is 41.6 Å². The maximum Gasteiger partial charge on any atom is 0.191 e. The molecule has 17 heavy (non-hydrogen) atoms. The van der Waals surface area contributed by atoms with Crippen LogP contribution in [0, 0.1) is 0 Å². The summed E-state index contributed by atoms with van der Waals surface area (Å²) in [4.78, 5) is 7.70. The van der Waals surface area contributed by atoms with Crippen molar-refractivity contribution in [3.63, 3.8) is 0 Å². The SMILES string of the molecule is CCSc1ccc(C2CN=C(N)N(C)C2)cc1. The number of rotatable bonds is 3. The van der Waals surface area contributed by atoms with Gasteiger partial charge in [0.25, 0.3) is 0 Å². The minimum Gasteiger partial charge on any atom is -0.370 e. The molecule has 2 rings (SSSR count). The third-order valence-electron chi connectivity index (χ3n) is 3.02. The molecule has 1 heterocycles. The van der Waals surface area contributed by atoms with Crippen LogP contribution in [0.15, 0.2) is 34.2 Å². The Hall–Kier alpha value is -1.16. The minimum absolute atomic E-state index is 0.466. The molecule has 1 unspecified atom stereocenters. The zero-order valence-electron chi connectivity index (χ0n) is 10.4. The Morgan fingerprint density at radius 3 is 2.71 bits per heavy atom. The molecular weight excluding hydrogens is 230 g/mol. The second kappa shape index (κ2) is 5.45. The number of benzene rings is 1. The summed E-state index contributed by atoms with van der Waals surface area (Å²) in [6.07, 6.45) is 0. The van der Waals surface area contributed by atoms with Crippen molar-refractivity contribution in [2.24, 2.45) is 10.7 Å². The summed E-state index contributed by atoms with van der Waals surface area (Å²) in [6.45, 7) is 3.93. The average Bonchev–Trinajstić information content (AvgIpc) is 2.34. The molecule has 0 fully saturated rings. The van der Waals surface area contributed by atoms with E-state index in [1.165, 1.54) is 10.5 Å². The van der Waals surface area contributed by atoms with E-state index < -0.39 is 0 Å². The Kier molecular flexibility index (Phi) is 3.94. The van der Waals surface area contributed by atoms with Crippen molar-refractivity contribution in [3.8, 4) is 0 Å². The first-order valence-electron chi connectivity index (χ1n) is 5.94. The number of hydrogen-bond donors (Lipinski definition) is 1. The third kappa shape index (κ3) is 2.94. The van der Waals surface area contributed by atoms with Crippen LogP contribution in [0.2, 0.25) is 0 Å². The van der Waals surface area contributed by atoms with Gasteiger partial charge in [-0.05, 0) is 23.4 Å². The van der Waals surface area contributed by atoms with Gasteiger partial charge in [-0.25, -0.2) is 0 Å². The first-order chi connectivity index (χ1) is 8.20. The second-order valence-electron chi connectivity index (χ2n) is 4.28. The lowest BCUT2D eigenvalue weighted by Crippen LogP contribution is -2.41. The summed E-state index contributed by atoms with van der Waals surface area (Å²) < 4.78 is 0. The van der Waals surface area contributed by atoms with Gasteiger partial charge in [-0.2, -0.15) is 0 Å². The van der Waals surface area contributed by atoms with Crippen molar-refractivity contribution in [1.29, 1.82) is 0 Å². The first-order valence-corrected chi connectivity index (χ1v) is 6.93. The van der Waals surface area contributed by atoms with Gasteiger partial charge in [0.05, 0.1) is 6.54 Å². The molecule has 4 heteroatoms. The van der Waals surface area contributed by atoms with Crippen molar-refractivity contribution in [3.05, 3.63) is 29.8 Å². The van der Waals surface area contributed by atoms with E-state index in [0.29, 0.717) is 11.9 Å². The molecule has 1 aliphatic rings. The molecule has 0 aliphatic carbocycles. The number of aliphatic imine (C=N–C) groups is 1. The van der Waals surface area contributed by atoms with Gasteiger partial charge in [-0.15, -0.1) is 11.8 Å². The molecule has 92 valence electrons. The Balaban J connectivity index is 2.08. The van der Waals surface area contributed by atoms with Gasteiger partial charge in [0, 0.05) is 24.4 Å². The summed E-state index contributed by atoms with van der Waals surface area (Å²) >= 11 is 1.87. The molecule has 2 N–H and O–H groups in total. The largest absolute Gasteiger partial charge is 0.370 e. The first kappa shape index (κ1) is 12.3. The van der Waals surface area contributed by atoms with Gasteiger partial charge in [0.15, 0.2) is 5.96 Å². The summed E-state index contributed by atoms with van der Waals surface area (Å²) in [6, 6.07) is 8.83. The van der Waals surface area contributed by atoms with E-state index in [2.05, 4.69) is 36.2 Å². The molecule has 3 nitrogen and oxygen atoms in total. The fourth-order valence-electron chi connectivity index (χ4n) is 2.02. The predicted octanol–water partition coefficient (Wildman–Crippen LogP) is 2.14. The van der Waals surface area contributed by atoms with Crippen LogP contribution in [0.5, 0.6) is 0 Å². The fourth-order valence-corrected chi connectivity index (χ4v) is 2.68. The fraction of sp³-hybridized carbons (Fsp3) is 0.462. The van der Waals surface area contributed by atoms with Crippen molar-refractivity contribution in [1.82, 2.24) is 4.90 Å². The second-order valence-corrected chi connectivity index (χ2v) is 5.62. The molecule has 0 radical (unpaired) electrons. The maximum absolute atomic E-state index is 5.75. The van der Waals surface area contributed by atoms with Crippen LogP contribution in [-0.2, 0) is 0 Å². The van der Waals surface area contributed by atoms with Crippen LogP contribution in [-0.4, -0.2) is 36.7 Å². The van der Waals surface area contributed by atoms with E-state index in [4.69, 9.17) is 5.73 Å². The minimum atomic E-state index is 0.466. The number of nitrogens with zero attached hydrogens (tertiary/aromatic N) is 2. The van der Waals surface area contributed by atoms with E-state index in [0.717, 1.165) is 18.8 Å². The normalized spacial score (nSPS) is 20.2. The van der Waals surface area contributed by atoms with E-state index in [1.54, 1.807) is 0 Å². The van der Waals surface area contributed by atoms with Gasteiger partial charge in [-0.3, -0.25) is 4.99 Å². The lowest BCUT2D eigenvalue weighted by Gasteiger charge is -2.29. The molecule has 1 aromatic carbocycles. The lowest BCUT2D eigenvalue weighted by atomic mass is 9.98. The number of likely N-dealkylation sites (N-methyl/N-ethyl adjacent to an activating group) is 1. The highest BCUT2D eigenvalue weighted by molar-refractivity contribution is 7.99. The molecule has 0 spiro atoms. The van der Waals surface area contributed by atoms with Crippen molar-refractivity contribution in [2.75, 3.05) is 25.9 Å². The maximum atomic E-state index is 5.75. The zero-order valence-corrected chi connectivity index (χ0v) is 11.2. The molecule has 0 bridgehead atoms. The van der Waals surface area contributed by atoms with Crippen LogP contribution >= 0.6 is 11.8 Å². The van der Waals surface area contributed by atoms with E-state index in [1.807, 2.05) is 23.7 Å². The third-order valence-corrected chi connectivity index (χ3v) is 3.92. The van der Waals surface area contributed by atoms with Gasteiger partial charge in [-0.1, -0.05) is 19.1 Å². The Morgan fingerprint density at radius 1 is 1.41 bits per heavy atom. The summed E-state index contributed by atoms with van der Waals surface area (Å²) in [7, 11) is 1.99. The number of nitrogens with two attached hydrogens (primary N) is 1. The molecule has 0 saturated carbocycles. The lowest BCUT2D eigenvalue weighted by molar-refractivity contribution is 0.422. The predicted molar refractivity (Wildman–Crippen MR) is 74.7 cm³/mol. The van der Waals surface area contributed by atoms with Crippen molar-refractivity contribution in [2.45, 2.75) is 17.7 Å². The van der Waals surface area contributed by atoms with Crippen LogP contribution < -0.4 is 5.73 Å². The van der Waals surface area contributed by atoms with Crippen molar-refractivity contribution >= 4 is 17.7 Å². The molecule has 0 aromatic heterocycles. The Labute approximate surface area is 107 Å². The smallest absolute Gasteiger partial charge is 0.191 e. The summed E-state index contributed by atoms with van der Waals surface area (Å²) in [5.41, 5.74) is 7.11. The zero-order chi connectivity index (χ0) is 12.3. The van der Waals surface area contributed by atoms with Crippen molar-refractivity contribution < 1.29 is 0 Å². The molecule has 1 aliphatic heterocycles. The molecular formula is C13H19N3S. The highest BCUT2D eigenvalue weighted by Crippen LogP contribution is 2.24. The van der Waals surface area contributed by atoms with Gasteiger partial charge in [0.1, 0.15) is 0 Å². The standard InChI is InChI=1S/C13H19N3S/c1-3-17-12-6-4-10(5-7-12)11-8-15-13(14)16(2)9-11/h4-7,11H,3,8-9H2,1-2H3,(H2,14,15). The van der Waals surface area contributed by atoms with E-state index in [-0.39, 0.29) is 0 Å². The quantitative estimate of drug-likeness (QED) is 0.835. The van der Waals surface area contributed by atoms with Crippen LogP contribution in [0.1, 0.15) is 18.4 Å². The number of guanidine groups is 1. The molecule has 1 atom stereocenters. The van der Waals surface area contributed by atoms with Gasteiger partial charge < -0.3 is 10.6 Å². The van der Waals surface area contributed by atoms with Crippen LogP contribution in [0.3, 0.4) is 0 Å². The monoisotopic (exact) mass is 249 g/mol. The molecule has 1 aromatic rings. The van der Waals surface area contributed by atoms with E-state index >= 15 is 0 Å².